The number of hydrogen-bond donors (Lipinski definition) is 1. The van der Waals surface area contributed by atoms with Crippen LogP contribution in [0.4, 0.5) is 0 Å². The number of ether oxygens (including phenoxy) is 1. The van der Waals surface area contributed by atoms with Crippen molar-refractivity contribution in [2.45, 2.75) is 53.2 Å². The van der Waals surface area contributed by atoms with Crippen LogP contribution in [0.1, 0.15) is 61.4 Å². The molecule has 2 aromatic carbocycles. The van der Waals surface area contributed by atoms with Gasteiger partial charge in [-0.15, -0.1) is 0 Å². The van der Waals surface area contributed by atoms with E-state index in [9.17, 15) is 9.90 Å². The Hall–Kier alpha value is -3.81. The summed E-state index contributed by atoms with van der Waals surface area (Å²) < 4.78 is 7.81. The molecule has 218 valence electrons. The van der Waals surface area contributed by atoms with Crippen LogP contribution in [0, 0.1) is 5.92 Å². The van der Waals surface area contributed by atoms with Crippen LogP contribution < -0.4 is 4.74 Å². The quantitative estimate of drug-likeness (QED) is 0.165. The molecule has 42 heavy (non-hydrogen) atoms. The maximum atomic E-state index is 14.0. The number of thiophene rings is 1. The summed E-state index contributed by atoms with van der Waals surface area (Å²) >= 11 is 8.26. The number of imidazole rings is 1. The molecule has 0 aliphatic rings. The van der Waals surface area contributed by atoms with E-state index >= 15 is 0 Å². The number of phenols is 1. The van der Waals surface area contributed by atoms with Gasteiger partial charge in [-0.05, 0) is 96.6 Å². The number of rotatable bonds is 11. The van der Waals surface area contributed by atoms with Gasteiger partial charge in [0.15, 0.2) is 0 Å². The molecule has 1 amide bonds. The van der Waals surface area contributed by atoms with Gasteiger partial charge in [0.05, 0.1) is 34.6 Å². The Labute approximate surface area is 256 Å². The first kappa shape index (κ1) is 29.7. The van der Waals surface area contributed by atoms with Crippen molar-refractivity contribution < 1.29 is 14.6 Å². The van der Waals surface area contributed by atoms with Crippen LogP contribution in [0.2, 0.25) is 5.02 Å². The maximum absolute atomic E-state index is 14.0. The maximum Gasteiger partial charge on any atom is 0.255 e. The van der Waals surface area contributed by atoms with Gasteiger partial charge in [0.25, 0.3) is 5.91 Å². The van der Waals surface area contributed by atoms with Crippen LogP contribution in [-0.2, 0) is 13.0 Å². The Morgan fingerprint density at radius 2 is 1.90 bits per heavy atom. The second-order valence-electron chi connectivity index (χ2n) is 11.2. The van der Waals surface area contributed by atoms with E-state index in [0.717, 1.165) is 40.1 Å². The summed E-state index contributed by atoms with van der Waals surface area (Å²) in [5, 5.41) is 15.4. The molecule has 0 unspecified atom stereocenters. The lowest BCUT2D eigenvalue weighted by molar-refractivity contribution is 0.0733. The van der Waals surface area contributed by atoms with E-state index < -0.39 is 0 Å². The van der Waals surface area contributed by atoms with Crippen molar-refractivity contribution in [2.75, 3.05) is 6.54 Å². The number of nitrogens with zero attached hydrogens (tertiary/aromatic N) is 3. The fraction of sp³-hybridized carbons (Fsp3) is 0.294. The van der Waals surface area contributed by atoms with Gasteiger partial charge >= 0.3 is 0 Å². The summed E-state index contributed by atoms with van der Waals surface area (Å²) in [6.45, 7) is 9.06. The van der Waals surface area contributed by atoms with Gasteiger partial charge in [-0.2, -0.15) is 11.3 Å². The van der Waals surface area contributed by atoms with Gasteiger partial charge < -0.3 is 19.1 Å². The zero-order chi connectivity index (χ0) is 29.8. The topological polar surface area (TPSA) is 67.1 Å². The summed E-state index contributed by atoms with van der Waals surface area (Å²) in [6.07, 6.45) is 3.28. The van der Waals surface area contributed by atoms with E-state index in [1.165, 1.54) is 0 Å². The average molecular weight is 602 g/mol. The molecule has 6 nitrogen and oxygen atoms in total. The minimum Gasteiger partial charge on any atom is -0.508 e. The van der Waals surface area contributed by atoms with E-state index in [0.29, 0.717) is 41.8 Å². The van der Waals surface area contributed by atoms with Crippen LogP contribution in [0.5, 0.6) is 11.5 Å². The molecule has 0 saturated heterocycles. The van der Waals surface area contributed by atoms with Crippen LogP contribution >= 0.6 is 22.9 Å². The molecule has 0 aliphatic heterocycles. The van der Waals surface area contributed by atoms with Gasteiger partial charge in [-0.25, -0.2) is 4.98 Å². The Kier molecular flexibility index (Phi) is 9.19. The van der Waals surface area contributed by atoms with Crippen molar-refractivity contribution in [1.82, 2.24) is 14.3 Å². The molecule has 3 aromatic heterocycles. The summed E-state index contributed by atoms with van der Waals surface area (Å²) in [7, 11) is 0. The molecule has 1 N–H and O–H groups in total. The van der Waals surface area contributed by atoms with Crippen molar-refractivity contribution >= 4 is 34.5 Å². The Bertz CT molecular complexity index is 1680. The molecular weight excluding hydrogens is 566 g/mol. The molecule has 0 spiro atoms. The summed E-state index contributed by atoms with van der Waals surface area (Å²) in [6, 6.07) is 18.9. The van der Waals surface area contributed by atoms with E-state index in [2.05, 4.69) is 25.3 Å². The number of carbonyl (C=O) groups is 1. The smallest absolute Gasteiger partial charge is 0.255 e. The lowest BCUT2D eigenvalue weighted by Gasteiger charge is -2.24. The van der Waals surface area contributed by atoms with Crippen molar-refractivity contribution in [3.05, 3.63) is 105 Å². The highest BCUT2D eigenvalue weighted by molar-refractivity contribution is 7.08. The number of benzene rings is 2. The SMILES string of the molecule is CC(C)CCN(Cc1nc2ccccn2c1Cc1cc(-c2ccsc2)ccc1O)C(=O)c1ccc(OC(C)C)cc1Cl. The molecular formula is C34H36ClN3O3S. The molecule has 5 rings (SSSR count). The normalized spacial score (nSPS) is 11.5. The highest BCUT2D eigenvalue weighted by Gasteiger charge is 2.24. The molecule has 3 heterocycles. The zero-order valence-electron chi connectivity index (χ0n) is 24.4. The molecule has 0 radical (unpaired) electrons. The van der Waals surface area contributed by atoms with E-state index in [4.69, 9.17) is 21.3 Å². The molecule has 0 fully saturated rings. The first-order valence-electron chi connectivity index (χ1n) is 14.2. The number of aromatic nitrogens is 2. The predicted molar refractivity (Wildman–Crippen MR) is 171 cm³/mol. The highest BCUT2D eigenvalue weighted by Crippen LogP contribution is 2.31. The lowest BCUT2D eigenvalue weighted by Crippen LogP contribution is -2.33. The number of amides is 1. The van der Waals surface area contributed by atoms with Crippen LogP contribution in [-0.4, -0.2) is 37.9 Å². The standard InChI is InChI=1S/C34H36ClN3O3S/c1-22(2)12-15-37(34(40)28-10-9-27(19-29(28)35)41-23(3)4)20-30-31(38-14-6-5-7-33(38)36-30)18-26-17-24(8-11-32(26)39)25-13-16-42-21-25/h5-11,13-14,16-17,19,21-23,39H,12,15,18,20H2,1-4H3. The summed E-state index contributed by atoms with van der Waals surface area (Å²) in [4.78, 5) is 20.7. The number of aromatic hydroxyl groups is 1. The van der Waals surface area contributed by atoms with Gasteiger partial charge in [-0.1, -0.05) is 37.6 Å². The first-order chi connectivity index (χ1) is 20.2. The van der Waals surface area contributed by atoms with E-state index in [1.807, 2.05) is 65.1 Å². The molecule has 0 atom stereocenters. The van der Waals surface area contributed by atoms with Crippen molar-refractivity contribution in [3.63, 3.8) is 0 Å². The van der Waals surface area contributed by atoms with Crippen LogP contribution in [0.3, 0.4) is 0 Å². The summed E-state index contributed by atoms with van der Waals surface area (Å²) in [5.74, 6) is 1.12. The lowest BCUT2D eigenvalue weighted by atomic mass is 10.0. The first-order valence-corrected chi connectivity index (χ1v) is 15.6. The fourth-order valence-corrected chi connectivity index (χ4v) is 5.87. The number of pyridine rings is 1. The minimum absolute atomic E-state index is 0.00370. The third-order valence-electron chi connectivity index (χ3n) is 7.15. The van der Waals surface area contributed by atoms with E-state index in [-0.39, 0.29) is 17.8 Å². The van der Waals surface area contributed by atoms with E-state index in [1.54, 1.807) is 35.6 Å². The molecule has 5 aromatic rings. The van der Waals surface area contributed by atoms with Crippen molar-refractivity contribution in [2.24, 2.45) is 5.92 Å². The number of halogens is 1. The monoisotopic (exact) mass is 601 g/mol. The minimum atomic E-state index is -0.151. The van der Waals surface area contributed by atoms with Crippen molar-refractivity contribution in [3.8, 4) is 22.6 Å². The Morgan fingerprint density at radius 1 is 1.07 bits per heavy atom. The Balaban J connectivity index is 1.51. The number of phenolic OH excluding ortho intramolecular Hbond substituents is 1. The highest BCUT2D eigenvalue weighted by atomic mass is 35.5. The van der Waals surface area contributed by atoms with Crippen LogP contribution in [0.25, 0.3) is 16.8 Å². The largest absolute Gasteiger partial charge is 0.508 e. The second kappa shape index (κ2) is 13.0. The van der Waals surface area contributed by atoms with Gasteiger partial charge in [-0.3, -0.25) is 4.79 Å². The third-order valence-corrected chi connectivity index (χ3v) is 8.15. The van der Waals surface area contributed by atoms with Crippen LogP contribution in [0.15, 0.2) is 77.6 Å². The third kappa shape index (κ3) is 6.80. The van der Waals surface area contributed by atoms with Crippen molar-refractivity contribution in [1.29, 1.82) is 0 Å². The number of hydrogen-bond acceptors (Lipinski definition) is 5. The number of carbonyl (C=O) groups excluding carboxylic acids is 1. The molecule has 0 saturated carbocycles. The average Bonchev–Trinajstić information content (AvgIpc) is 3.60. The predicted octanol–water partition coefficient (Wildman–Crippen LogP) is 8.49. The second-order valence-corrected chi connectivity index (χ2v) is 12.4. The Morgan fingerprint density at radius 3 is 2.62 bits per heavy atom. The molecule has 0 aliphatic carbocycles. The van der Waals surface area contributed by atoms with Gasteiger partial charge in [0.1, 0.15) is 17.1 Å². The summed E-state index contributed by atoms with van der Waals surface area (Å²) in [5.41, 5.74) is 5.91. The van der Waals surface area contributed by atoms with Gasteiger partial charge in [0.2, 0.25) is 0 Å². The fourth-order valence-electron chi connectivity index (χ4n) is 4.96. The number of fused-ring (bicyclic) bond motifs is 1. The molecule has 0 bridgehead atoms. The van der Waals surface area contributed by atoms with Gasteiger partial charge in [0, 0.05) is 24.7 Å². The zero-order valence-corrected chi connectivity index (χ0v) is 26.0. The molecule has 8 heteroatoms.